The lowest BCUT2D eigenvalue weighted by Gasteiger charge is -2.07. The van der Waals surface area contributed by atoms with Crippen molar-refractivity contribution in [3.63, 3.8) is 0 Å². The molecule has 20 heavy (non-hydrogen) atoms. The minimum atomic E-state index is -0.197. The number of hydrogen-bond donors (Lipinski definition) is 2. The van der Waals surface area contributed by atoms with Crippen molar-refractivity contribution in [1.82, 2.24) is 4.98 Å². The number of halogens is 1. The zero-order chi connectivity index (χ0) is 14.7. The minimum Gasteiger partial charge on any atom is -0.437 e. The van der Waals surface area contributed by atoms with Gasteiger partial charge in [-0.25, -0.2) is 4.98 Å². The van der Waals surface area contributed by atoms with Crippen LogP contribution in [0.5, 0.6) is 0 Å². The van der Waals surface area contributed by atoms with E-state index in [4.69, 9.17) is 21.8 Å². The molecule has 2 aromatic rings. The number of nitrogens with one attached hydrogen (secondary N) is 1. The minimum absolute atomic E-state index is 0.186. The molecule has 1 aromatic heterocycles. The van der Waals surface area contributed by atoms with Crippen molar-refractivity contribution >= 4 is 40.6 Å². The lowest BCUT2D eigenvalue weighted by Crippen LogP contribution is -2.15. The molecular weight excluding hydrogens is 298 g/mol. The van der Waals surface area contributed by atoms with Gasteiger partial charge in [-0.3, -0.25) is 4.79 Å². The Morgan fingerprint density at radius 3 is 2.90 bits per heavy atom. The molecule has 0 aliphatic heterocycles. The van der Waals surface area contributed by atoms with Crippen molar-refractivity contribution in [3.8, 4) is 0 Å². The van der Waals surface area contributed by atoms with Crippen LogP contribution in [0, 0.1) is 13.8 Å². The van der Waals surface area contributed by atoms with Crippen LogP contribution >= 0.6 is 23.4 Å². The first-order chi connectivity index (χ1) is 9.45. The molecule has 2 rings (SSSR count). The standard InChI is InChI=1S/C13H14ClN3O2S/c1-7-8(2)19-13(16-7)20-6-12(18)17-11-5-9(14)3-4-10(11)15/h3-5H,6,15H2,1-2H3,(H,17,18). The molecule has 7 heteroatoms. The van der Waals surface area contributed by atoms with Gasteiger partial charge in [0, 0.05) is 5.02 Å². The van der Waals surface area contributed by atoms with Gasteiger partial charge in [0.25, 0.3) is 5.22 Å². The highest BCUT2D eigenvalue weighted by atomic mass is 35.5. The highest BCUT2D eigenvalue weighted by molar-refractivity contribution is 7.99. The molecule has 0 atom stereocenters. The number of aromatic nitrogens is 1. The van der Waals surface area contributed by atoms with Crippen molar-refractivity contribution in [2.45, 2.75) is 19.1 Å². The topological polar surface area (TPSA) is 81.2 Å². The molecule has 0 fully saturated rings. The van der Waals surface area contributed by atoms with E-state index in [1.54, 1.807) is 18.2 Å². The Balaban J connectivity index is 1.94. The Hall–Kier alpha value is -1.66. The zero-order valence-electron chi connectivity index (χ0n) is 11.1. The highest BCUT2D eigenvalue weighted by Gasteiger charge is 2.10. The van der Waals surface area contributed by atoms with Crippen LogP contribution in [0.25, 0.3) is 0 Å². The number of nitrogens with zero attached hydrogens (tertiary/aromatic N) is 1. The molecule has 0 spiro atoms. The Bertz CT molecular complexity index is 623. The van der Waals surface area contributed by atoms with Gasteiger partial charge in [0.2, 0.25) is 5.91 Å². The Kier molecular flexibility index (Phi) is 4.57. The molecule has 3 N–H and O–H groups in total. The number of rotatable bonds is 4. The van der Waals surface area contributed by atoms with E-state index in [1.807, 2.05) is 13.8 Å². The second kappa shape index (κ2) is 6.19. The second-order valence-corrected chi connectivity index (χ2v) is 5.55. The van der Waals surface area contributed by atoms with E-state index in [1.165, 1.54) is 11.8 Å². The number of carbonyl (C=O) groups excluding carboxylic acids is 1. The van der Waals surface area contributed by atoms with E-state index in [0.717, 1.165) is 11.5 Å². The summed E-state index contributed by atoms with van der Waals surface area (Å²) in [7, 11) is 0. The highest BCUT2D eigenvalue weighted by Crippen LogP contribution is 2.24. The molecule has 1 heterocycles. The molecule has 0 bridgehead atoms. The first-order valence-corrected chi connectivity index (χ1v) is 7.24. The molecule has 5 nitrogen and oxygen atoms in total. The molecule has 0 saturated carbocycles. The molecule has 1 amide bonds. The molecule has 0 saturated heterocycles. The second-order valence-electron chi connectivity index (χ2n) is 4.19. The largest absolute Gasteiger partial charge is 0.437 e. The Labute approximate surface area is 125 Å². The summed E-state index contributed by atoms with van der Waals surface area (Å²) in [4.78, 5) is 16.0. The van der Waals surface area contributed by atoms with E-state index >= 15 is 0 Å². The number of hydrogen-bond acceptors (Lipinski definition) is 5. The summed E-state index contributed by atoms with van der Waals surface area (Å²) < 4.78 is 5.38. The smallest absolute Gasteiger partial charge is 0.256 e. The van der Waals surface area contributed by atoms with Crippen molar-refractivity contribution in [2.75, 3.05) is 16.8 Å². The van der Waals surface area contributed by atoms with Crippen molar-refractivity contribution < 1.29 is 9.21 Å². The molecule has 0 aliphatic carbocycles. The van der Waals surface area contributed by atoms with Crippen LogP contribution in [0.1, 0.15) is 11.5 Å². The van der Waals surface area contributed by atoms with Crippen LogP contribution in [0.15, 0.2) is 27.8 Å². The number of nitrogens with two attached hydrogens (primary N) is 1. The quantitative estimate of drug-likeness (QED) is 0.669. The third-order valence-corrected chi connectivity index (χ3v) is 3.69. The van der Waals surface area contributed by atoms with Crippen LogP contribution < -0.4 is 11.1 Å². The van der Waals surface area contributed by atoms with E-state index in [0.29, 0.717) is 21.6 Å². The summed E-state index contributed by atoms with van der Waals surface area (Å²) in [6, 6.07) is 4.92. The first-order valence-electron chi connectivity index (χ1n) is 5.87. The van der Waals surface area contributed by atoms with Crippen molar-refractivity contribution in [2.24, 2.45) is 0 Å². The molecular formula is C13H14ClN3O2S. The lowest BCUT2D eigenvalue weighted by atomic mass is 10.2. The first kappa shape index (κ1) is 14.7. The number of carbonyl (C=O) groups is 1. The Morgan fingerprint density at radius 2 is 2.25 bits per heavy atom. The van der Waals surface area contributed by atoms with Gasteiger partial charge in [0.15, 0.2) is 0 Å². The molecule has 1 aromatic carbocycles. The van der Waals surface area contributed by atoms with Crippen LogP contribution in [0.4, 0.5) is 11.4 Å². The predicted octanol–water partition coefficient (Wildman–Crippen LogP) is 3.26. The number of thioether (sulfide) groups is 1. The maximum absolute atomic E-state index is 11.8. The fourth-order valence-corrected chi connectivity index (χ4v) is 2.34. The van der Waals surface area contributed by atoms with Gasteiger partial charge in [-0.05, 0) is 32.0 Å². The van der Waals surface area contributed by atoms with E-state index in [-0.39, 0.29) is 11.7 Å². The van der Waals surface area contributed by atoms with Gasteiger partial charge >= 0.3 is 0 Å². The van der Waals surface area contributed by atoms with Gasteiger partial charge in [0.05, 0.1) is 22.8 Å². The fraction of sp³-hybridized carbons (Fsp3) is 0.231. The summed E-state index contributed by atoms with van der Waals surface area (Å²) in [5, 5.41) is 3.70. The predicted molar refractivity (Wildman–Crippen MR) is 81.2 cm³/mol. The van der Waals surface area contributed by atoms with Gasteiger partial charge < -0.3 is 15.5 Å². The third-order valence-electron chi connectivity index (χ3n) is 2.63. The van der Waals surface area contributed by atoms with Gasteiger partial charge in [-0.15, -0.1) is 0 Å². The zero-order valence-corrected chi connectivity index (χ0v) is 12.6. The van der Waals surface area contributed by atoms with Crippen molar-refractivity contribution in [1.29, 1.82) is 0 Å². The van der Waals surface area contributed by atoms with Gasteiger partial charge in [-0.2, -0.15) is 0 Å². The fourth-order valence-electron chi connectivity index (χ4n) is 1.46. The summed E-state index contributed by atoms with van der Waals surface area (Å²) >= 11 is 7.09. The number of oxazole rings is 1. The van der Waals surface area contributed by atoms with E-state index in [9.17, 15) is 4.79 Å². The molecule has 0 unspecified atom stereocenters. The maximum Gasteiger partial charge on any atom is 0.256 e. The normalized spacial score (nSPS) is 10.6. The summed E-state index contributed by atoms with van der Waals surface area (Å²) in [5.74, 6) is 0.746. The van der Waals surface area contributed by atoms with E-state index in [2.05, 4.69) is 10.3 Å². The van der Waals surface area contributed by atoms with Crippen molar-refractivity contribution in [3.05, 3.63) is 34.7 Å². The van der Waals surface area contributed by atoms with Crippen LogP contribution in [0.3, 0.4) is 0 Å². The summed E-state index contributed by atoms with van der Waals surface area (Å²) in [5.41, 5.74) is 7.55. The number of nitrogen functional groups attached to an aromatic ring is 1. The van der Waals surface area contributed by atoms with Gasteiger partial charge in [-0.1, -0.05) is 23.4 Å². The molecule has 106 valence electrons. The monoisotopic (exact) mass is 311 g/mol. The third kappa shape index (κ3) is 3.68. The lowest BCUT2D eigenvalue weighted by molar-refractivity contribution is -0.113. The molecule has 0 radical (unpaired) electrons. The SMILES string of the molecule is Cc1nc(SCC(=O)Nc2cc(Cl)ccc2N)oc1C. The van der Waals surface area contributed by atoms with Crippen LogP contribution in [0.2, 0.25) is 5.02 Å². The Morgan fingerprint density at radius 1 is 1.50 bits per heavy atom. The number of aryl methyl sites for hydroxylation is 2. The summed E-state index contributed by atoms with van der Waals surface area (Å²) in [6.07, 6.45) is 0. The average Bonchev–Trinajstić information content (AvgIpc) is 2.71. The van der Waals surface area contributed by atoms with E-state index < -0.39 is 0 Å². The number of amides is 1. The maximum atomic E-state index is 11.8. The molecule has 0 aliphatic rings. The summed E-state index contributed by atoms with van der Waals surface area (Å²) in [6.45, 7) is 3.69. The average molecular weight is 312 g/mol. The van der Waals surface area contributed by atoms with Crippen LogP contribution in [-0.2, 0) is 4.79 Å². The van der Waals surface area contributed by atoms with Crippen LogP contribution in [-0.4, -0.2) is 16.6 Å². The number of benzene rings is 1. The van der Waals surface area contributed by atoms with Gasteiger partial charge in [0.1, 0.15) is 5.76 Å². The number of anilines is 2.